The Hall–Kier alpha value is -3.51. The number of nitrogens with one attached hydrogen (secondary N) is 1. The Bertz CT molecular complexity index is 1380. The van der Waals surface area contributed by atoms with Gasteiger partial charge in [-0.2, -0.15) is 0 Å². The van der Waals surface area contributed by atoms with Gasteiger partial charge in [0.2, 0.25) is 5.89 Å². The van der Waals surface area contributed by atoms with E-state index in [1.165, 1.54) is 0 Å². The molecule has 0 aliphatic heterocycles. The van der Waals surface area contributed by atoms with Crippen LogP contribution < -0.4 is 0 Å². The maximum absolute atomic E-state index is 6.08. The summed E-state index contributed by atoms with van der Waals surface area (Å²) in [7, 11) is 0. The highest BCUT2D eigenvalue weighted by atomic mass is 32.1. The van der Waals surface area contributed by atoms with Crippen molar-refractivity contribution in [2.75, 3.05) is 0 Å². The quantitative estimate of drug-likeness (QED) is 0.429. The van der Waals surface area contributed by atoms with Crippen LogP contribution in [0.5, 0.6) is 0 Å². The number of thiazole rings is 1. The largest absolute Gasteiger partial charge is 0.436 e. The molecule has 0 amide bonds. The normalized spacial score (nSPS) is 11.7. The van der Waals surface area contributed by atoms with Crippen molar-refractivity contribution in [3.05, 3.63) is 66.2 Å². The van der Waals surface area contributed by atoms with Crippen LogP contribution in [0.3, 0.4) is 0 Å². The second-order valence-corrected chi connectivity index (χ2v) is 7.16. The molecule has 128 valence electrons. The van der Waals surface area contributed by atoms with Gasteiger partial charge in [-0.3, -0.25) is 0 Å². The summed E-state index contributed by atoms with van der Waals surface area (Å²) in [5.74, 6) is 1.34. The molecule has 0 saturated carbocycles. The molecule has 0 atom stereocenters. The highest BCUT2D eigenvalue weighted by Crippen LogP contribution is 2.38. The number of fused-ring (bicyclic) bond motifs is 3. The van der Waals surface area contributed by atoms with E-state index in [4.69, 9.17) is 14.4 Å². The van der Waals surface area contributed by atoms with Crippen LogP contribution in [0.4, 0.5) is 0 Å². The number of nitrogens with zero attached hydrogens (tertiary/aromatic N) is 3. The molecular formula is C21H12N4OS. The molecule has 0 aliphatic carbocycles. The molecule has 0 spiro atoms. The standard InChI is InChI=1S/C21H12N4OS/c1-2-6-14-13(5-1)23-20(24-14)12-9-10-17-19(22-11-27-17)18(12)21-25-15-7-3-4-8-16(15)26-21/h1-11H,(H,23,24). The van der Waals surface area contributed by atoms with E-state index in [0.717, 1.165) is 49.3 Å². The van der Waals surface area contributed by atoms with Crippen molar-refractivity contribution in [1.82, 2.24) is 19.9 Å². The van der Waals surface area contributed by atoms with Crippen molar-refractivity contribution >= 4 is 43.7 Å². The number of aromatic nitrogens is 4. The first-order valence-corrected chi connectivity index (χ1v) is 9.42. The van der Waals surface area contributed by atoms with Crippen LogP contribution in [0.2, 0.25) is 0 Å². The number of hydrogen-bond acceptors (Lipinski definition) is 5. The number of H-pyrrole nitrogens is 1. The monoisotopic (exact) mass is 368 g/mol. The number of imidazole rings is 1. The summed E-state index contributed by atoms with van der Waals surface area (Å²) in [5, 5.41) is 0. The lowest BCUT2D eigenvalue weighted by Gasteiger charge is -2.05. The Morgan fingerprint density at radius 1 is 0.852 bits per heavy atom. The van der Waals surface area contributed by atoms with Gasteiger partial charge in [0.15, 0.2) is 5.58 Å². The third-order valence-corrected chi connectivity index (χ3v) is 5.45. The first kappa shape index (κ1) is 14.6. The van der Waals surface area contributed by atoms with Crippen molar-refractivity contribution in [3.63, 3.8) is 0 Å². The van der Waals surface area contributed by atoms with E-state index in [-0.39, 0.29) is 0 Å². The molecule has 0 fully saturated rings. The molecular weight excluding hydrogens is 356 g/mol. The number of para-hydroxylation sites is 4. The average molecular weight is 368 g/mol. The number of benzene rings is 3. The molecule has 5 nitrogen and oxygen atoms in total. The van der Waals surface area contributed by atoms with E-state index < -0.39 is 0 Å². The Labute approximate surface area is 157 Å². The van der Waals surface area contributed by atoms with Gasteiger partial charge in [0, 0.05) is 5.56 Å². The van der Waals surface area contributed by atoms with E-state index >= 15 is 0 Å². The van der Waals surface area contributed by atoms with Crippen molar-refractivity contribution in [2.24, 2.45) is 0 Å². The molecule has 6 rings (SSSR count). The van der Waals surface area contributed by atoms with Crippen LogP contribution in [0.15, 0.2) is 70.6 Å². The number of rotatable bonds is 2. The van der Waals surface area contributed by atoms with Gasteiger partial charge >= 0.3 is 0 Å². The average Bonchev–Trinajstić information content (AvgIpc) is 3.43. The lowest BCUT2D eigenvalue weighted by molar-refractivity contribution is 0.620. The smallest absolute Gasteiger partial charge is 0.230 e. The molecule has 0 unspecified atom stereocenters. The molecule has 0 bridgehead atoms. The summed E-state index contributed by atoms with van der Waals surface area (Å²) in [5.41, 5.74) is 8.03. The number of aromatic amines is 1. The predicted octanol–water partition coefficient (Wildman–Crippen LogP) is 5.65. The van der Waals surface area contributed by atoms with Crippen LogP contribution in [0.1, 0.15) is 0 Å². The highest BCUT2D eigenvalue weighted by molar-refractivity contribution is 7.16. The SMILES string of the molecule is c1ccc2[nH]c(-c3ccc4scnc4c3-c3nc4ccccc4o3)nc2c1. The molecule has 6 heteroatoms. The molecule has 0 radical (unpaired) electrons. The maximum atomic E-state index is 6.08. The lowest BCUT2D eigenvalue weighted by atomic mass is 10.1. The van der Waals surface area contributed by atoms with Gasteiger partial charge < -0.3 is 9.40 Å². The fourth-order valence-electron chi connectivity index (χ4n) is 3.40. The molecule has 0 aliphatic rings. The van der Waals surface area contributed by atoms with Crippen molar-refractivity contribution in [3.8, 4) is 22.8 Å². The van der Waals surface area contributed by atoms with E-state index in [1.807, 2.05) is 54.0 Å². The fourth-order valence-corrected chi connectivity index (χ4v) is 4.09. The zero-order chi connectivity index (χ0) is 17.8. The topological polar surface area (TPSA) is 67.6 Å². The minimum Gasteiger partial charge on any atom is -0.436 e. The maximum Gasteiger partial charge on any atom is 0.230 e. The van der Waals surface area contributed by atoms with Crippen LogP contribution in [-0.4, -0.2) is 19.9 Å². The molecule has 1 N–H and O–H groups in total. The van der Waals surface area contributed by atoms with E-state index in [0.29, 0.717) is 5.89 Å². The number of hydrogen-bond donors (Lipinski definition) is 1. The fraction of sp³-hybridized carbons (Fsp3) is 0. The summed E-state index contributed by atoms with van der Waals surface area (Å²) in [6.07, 6.45) is 0. The third-order valence-electron chi connectivity index (χ3n) is 4.65. The van der Waals surface area contributed by atoms with Gasteiger partial charge in [0.25, 0.3) is 0 Å². The lowest BCUT2D eigenvalue weighted by Crippen LogP contribution is -1.89. The van der Waals surface area contributed by atoms with Gasteiger partial charge in [0.1, 0.15) is 11.3 Å². The minimum atomic E-state index is 0.558. The van der Waals surface area contributed by atoms with Crippen molar-refractivity contribution in [1.29, 1.82) is 0 Å². The zero-order valence-corrected chi connectivity index (χ0v) is 14.8. The van der Waals surface area contributed by atoms with E-state index in [2.05, 4.69) is 22.1 Å². The van der Waals surface area contributed by atoms with E-state index in [1.54, 1.807) is 11.3 Å². The number of oxazole rings is 1. The van der Waals surface area contributed by atoms with Gasteiger partial charge in [-0.25, -0.2) is 15.0 Å². The predicted molar refractivity (Wildman–Crippen MR) is 108 cm³/mol. The molecule has 6 aromatic rings. The van der Waals surface area contributed by atoms with Gasteiger partial charge in [0.05, 0.1) is 32.3 Å². The van der Waals surface area contributed by atoms with Crippen LogP contribution >= 0.6 is 11.3 Å². The van der Waals surface area contributed by atoms with Crippen molar-refractivity contribution < 1.29 is 4.42 Å². The highest BCUT2D eigenvalue weighted by Gasteiger charge is 2.20. The van der Waals surface area contributed by atoms with Crippen LogP contribution in [0.25, 0.3) is 55.2 Å². The molecule has 3 heterocycles. The zero-order valence-electron chi connectivity index (χ0n) is 14.0. The van der Waals surface area contributed by atoms with E-state index in [9.17, 15) is 0 Å². The summed E-state index contributed by atoms with van der Waals surface area (Å²) >= 11 is 1.60. The second kappa shape index (κ2) is 5.49. The Morgan fingerprint density at radius 2 is 1.70 bits per heavy atom. The second-order valence-electron chi connectivity index (χ2n) is 6.28. The summed E-state index contributed by atoms with van der Waals surface area (Å²) in [4.78, 5) is 17.5. The Morgan fingerprint density at radius 3 is 2.59 bits per heavy atom. The summed E-state index contributed by atoms with van der Waals surface area (Å²) in [6.45, 7) is 0. The van der Waals surface area contributed by atoms with Crippen molar-refractivity contribution in [2.45, 2.75) is 0 Å². The van der Waals surface area contributed by atoms with Gasteiger partial charge in [-0.05, 0) is 36.4 Å². The molecule has 3 aromatic carbocycles. The summed E-state index contributed by atoms with van der Waals surface area (Å²) in [6, 6.07) is 19.9. The van der Waals surface area contributed by atoms with Gasteiger partial charge in [-0.15, -0.1) is 11.3 Å². The van der Waals surface area contributed by atoms with Crippen LogP contribution in [-0.2, 0) is 0 Å². The Balaban J connectivity index is 1.68. The van der Waals surface area contributed by atoms with Gasteiger partial charge in [-0.1, -0.05) is 24.3 Å². The van der Waals surface area contributed by atoms with Crippen LogP contribution in [0, 0.1) is 0 Å². The third kappa shape index (κ3) is 2.20. The minimum absolute atomic E-state index is 0.558. The molecule has 0 saturated heterocycles. The summed E-state index contributed by atoms with van der Waals surface area (Å²) < 4.78 is 7.17. The first-order chi connectivity index (χ1) is 13.4. The molecule has 27 heavy (non-hydrogen) atoms. The first-order valence-electron chi connectivity index (χ1n) is 8.54. The molecule has 3 aromatic heterocycles. The Kier molecular flexibility index (Phi) is 2.98.